The lowest BCUT2D eigenvalue weighted by atomic mass is 9.98. The van der Waals surface area contributed by atoms with Crippen molar-refractivity contribution in [2.45, 2.75) is 57.7 Å². The molecule has 1 N–H and O–H groups in total. The molecule has 2 fully saturated rings. The number of thiazole rings is 1. The van der Waals surface area contributed by atoms with Crippen molar-refractivity contribution in [1.82, 2.24) is 19.8 Å². The lowest BCUT2D eigenvalue weighted by molar-refractivity contribution is 0.0681. The van der Waals surface area contributed by atoms with Gasteiger partial charge in [-0.1, -0.05) is 0 Å². The molecule has 4 rings (SSSR count). The molecule has 144 valence electrons. The van der Waals surface area contributed by atoms with Crippen molar-refractivity contribution in [3.63, 3.8) is 0 Å². The Balaban J connectivity index is 0.00000121. The minimum Gasteiger partial charge on any atom is -0.339 e. The SMILES string of the molecule is Cc1cc(C(=O)N(C)C2CC3CCC(C2)N3)c(C)n1-c1nccs1.Cl.Cl. The highest BCUT2D eigenvalue weighted by Crippen LogP contribution is 2.31. The average Bonchev–Trinajstić information content (AvgIpc) is 3.26. The molecule has 2 saturated heterocycles. The van der Waals surface area contributed by atoms with E-state index in [1.807, 2.05) is 37.2 Å². The minimum absolute atomic E-state index is 0. The Morgan fingerprint density at radius 2 is 1.92 bits per heavy atom. The smallest absolute Gasteiger partial charge is 0.255 e. The van der Waals surface area contributed by atoms with E-state index in [1.54, 1.807) is 17.5 Å². The molecule has 8 heteroatoms. The summed E-state index contributed by atoms with van der Waals surface area (Å²) in [5.41, 5.74) is 2.84. The van der Waals surface area contributed by atoms with E-state index in [2.05, 4.69) is 14.9 Å². The minimum atomic E-state index is 0. The highest BCUT2D eigenvalue weighted by atomic mass is 35.5. The van der Waals surface area contributed by atoms with Crippen molar-refractivity contribution < 1.29 is 4.79 Å². The van der Waals surface area contributed by atoms with E-state index < -0.39 is 0 Å². The van der Waals surface area contributed by atoms with Crippen LogP contribution in [0.2, 0.25) is 0 Å². The first-order valence-corrected chi connectivity index (χ1v) is 9.54. The van der Waals surface area contributed by atoms with Gasteiger partial charge in [-0.15, -0.1) is 36.2 Å². The summed E-state index contributed by atoms with van der Waals surface area (Å²) < 4.78 is 2.08. The summed E-state index contributed by atoms with van der Waals surface area (Å²) in [6.07, 6.45) is 6.45. The van der Waals surface area contributed by atoms with Crippen LogP contribution in [0.3, 0.4) is 0 Å². The summed E-state index contributed by atoms with van der Waals surface area (Å²) >= 11 is 1.59. The molecule has 2 atom stereocenters. The second-order valence-electron chi connectivity index (χ2n) is 7.11. The molecule has 0 aromatic carbocycles. The van der Waals surface area contributed by atoms with E-state index in [9.17, 15) is 4.79 Å². The van der Waals surface area contributed by atoms with Gasteiger partial charge in [-0.3, -0.25) is 9.36 Å². The number of carbonyl (C=O) groups excluding carboxylic acids is 1. The number of amides is 1. The summed E-state index contributed by atoms with van der Waals surface area (Å²) in [6, 6.07) is 3.53. The van der Waals surface area contributed by atoms with E-state index in [0.717, 1.165) is 34.9 Å². The third-order valence-electron chi connectivity index (χ3n) is 5.59. The number of nitrogens with one attached hydrogen (secondary N) is 1. The van der Waals surface area contributed by atoms with E-state index in [4.69, 9.17) is 0 Å². The zero-order valence-electron chi connectivity index (χ0n) is 15.3. The number of hydrogen-bond donors (Lipinski definition) is 1. The van der Waals surface area contributed by atoms with Gasteiger partial charge >= 0.3 is 0 Å². The van der Waals surface area contributed by atoms with Gasteiger partial charge in [0.25, 0.3) is 5.91 Å². The van der Waals surface area contributed by atoms with Crippen LogP contribution in [-0.2, 0) is 0 Å². The van der Waals surface area contributed by atoms with Crippen LogP contribution in [0.15, 0.2) is 17.6 Å². The van der Waals surface area contributed by atoms with Gasteiger partial charge in [0.05, 0.1) is 5.56 Å². The number of rotatable bonds is 3. The summed E-state index contributed by atoms with van der Waals surface area (Å²) in [5.74, 6) is 0.136. The van der Waals surface area contributed by atoms with Gasteiger partial charge in [-0.2, -0.15) is 0 Å². The Hall–Kier alpha value is -1.08. The zero-order valence-corrected chi connectivity index (χ0v) is 17.7. The van der Waals surface area contributed by atoms with E-state index in [-0.39, 0.29) is 30.7 Å². The molecular weight excluding hydrogens is 391 g/mol. The summed E-state index contributed by atoms with van der Waals surface area (Å²) in [5, 5.41) is 6.54. The van der Waals surface area contributed by atoms with Crippen molar-refractivity contribution in [2.75, 3.05) is 7.05 Å². The average molecular weight is 417 g/mol. The normalized spacial score (nSPS) is 23.9. The Bertz CT molecular complexity index is 750. The maximum absolute atomic E-state index is 13.1. The maximum atomic E-state index is 13.1. The van der Waals surface area contributed by atoms with Crippen molar-refractivity contribution in [3.8, 4) is 5.13 Å². The van der Waals surface area contributed by atoms with Crippen LogP contribution in [0, 0.1) is 13.8 Å². The largest absolute Gasteiger partial charge is 0.339 e. The molecule has 4 heterocycles. The fraction of sp³-hybridized carbons (Fsp3) is 0.556. The first-order chi connectivity index (χ1) is 11.5. The molecule has 0 radical (unpaired) electrons. The van der Waals surface area contributed by atoms with E-state index in [0.29, 0.717) is 18.1 Å². The second kappa shape index (κ2) is 8.30. The van der Waals surface area contributed by atoms with Crippen LogP contribution >= 0.6 is 36.2 Å². The molecule has 0 spiro atoms. The molecule has 2 bridgehead atoms. The van der Waals surface area contributed by atoms with Gasteiger partial charge in [-0.05, 0) is 45.6 Å². The zero-order chi connectivity index (χ0) is 16.8. The predicted molar refractivity (Wildman–Crippen MR) is 110 cm³/mol. The number of halogens is 2. The molecule has 0 aliphatic carbocycles. The van der Waals surface area contributed by atoms with Gasteiger partial charge < -0.3 is 10.2 Å². The monoisotopic (exact) mass is 416 g/mol. The Morgan fingerprint density at radius 3 is 2.50 bits per heavy atom. The highest BCUT2D eigenvalue weighted by Gasteiger charge is 2.37. The molecule has 2 aliphatic rings. The predicted octanol–water partition coefficient (Wildman–Crippen LogP) is 3.75. The molecule has 5 nitrogen and oxygen atoms in total. The lowest BCUT2D eigenvalue weighted by Gasteiger charge is -2.35. The summed E-state index contributed by atoms with van der Waals surface area (Å²) in [7, 11) is 1.97. The molecule has 1 amide bonds. The Morgan fingerprint density at radius 1 is 1.27 bits per heavy atom. The Labute approximate surface area is 171 Å². The van der Waals surface area contributed by atoms with Gasteiger partial charge in [0.15, 0.2) is 5.13 Å². The fourth-order valence-corrected chi connectivity index (χ4v) is 5.05. The van der Waals surface area contributed by atoms with E-state index >= 15 is 0 Å². The van der Waals surface area contributed by atoms with Crippen molar-refractivity contribution in [3.05, 3.63) is 34.6 Å². The van der Waals surface area contributed by atoms with Gasteiger partial charge in [0.2, 0.25) is 0 Å². The molecule has 0 saturated carbocycles. The highest BCUT2D eigenvalue weighted by molar-refractivity contribution is 7.12. The van der Waals surface area contributed by atoms with Gasteiger partial charge in [0.1, 0.15) is 0 Å². The standard InChI is InChI=1S/C18H24N4OS.2ClH/c1-11-8-16(12(2)22(11)18-19-6-7-24-18)17(23)21(3)15-9-13-4-5-14(10-15)20-13;;/h6-8,13-15,20H,4-5,9-10H2,1-3H3;2*1H. The van der Waals surface area contributed by atoms with Crippen LogP contribution in [0.4, 0.5) is 0 Å². The molecule has 2 unspecified atom stereocenters. The van der Waals surface area contributed by atoms with Crippen molar-refractivity contribution in [1.29, 1.82) is 0 Å². The molecule has 2 aromatic heterocycles. The van der Waals surface area contributed by atoms with Crippen LogP contribution in [0.1, 0.15) is 47.4 Å². The van der Waals surface area contributed by atoms with Crippen LogP contribution in [0.25, 0.3) is 5.13 Å². The number of hydrogen-bond acceptors (Lipinski definition) is 4. The Kier molecular flexibility index (Phi) is 6.77. The number of aryl methyl sites for hydroxylation is 1. The topological polar surface area (TPSA) is 50.2 Å². The molecule has 2 aliphatic heterocycles. The van der Waals surface area contributed by atoms with Crippen LogP contribution < -0.4 is 5.32 Å². The van der Waals surface area contributed by atoms with Crippen molar-refractivity contribution >= 4 is 42.1 Å². The third kappa shape index (κ3) is 3.65. The van der Waals surface area contributed by atoms with Gasteiger partial charge in [-0.25, -0.2) is 4.98 Å². The third-order valence-corrected chi connectivity index (χ3v) is 6.34. The quantitative estimate of drug-likeness (QED) is 0.828. The number of aromatic nitrogens is 2. The molecule has 2 aromatic rings. The first-order valence-electron chi connectivity index (χ1n) is 8.66. The first kappa shape index (κ1) is 21.2. The molecule has 26 heavy (non-hydrogen) atoms. The fourth-order valence-electron chi connectivity index (χ4n) is 4.30. The van der Waals surface area contributed by atoms with Crippen LogP contribution in [0.5, 0.6) is 0 Å². The van der Waals surface area contributed by atoms with E-state index in [1.165, 1.54) is 12.8 Å². The van der Waals surface area contributed by atoms with Crippen molar-refractivity contribution in [2.24, 2.45) is 0 Å². The number of nitrogens with zero attached hydrogens (tertiary/aromatic N) is 3. The maximum Gasteiger partial charge on any atom is 0.255 e. The number of piperidine rings is 1. The summed E-state index contributed by atoms with van der Waals surface area (Å²) in [6.45, 7) is 4.05. The van der Waals surface area contributed by atoms with Crippen LogP contribution in [-0.4, -0.2) is 45.5 Å². The number of fused-ring (bicyclic) bond motifs is 2. The summed E-state index contributed by atoms with van der Waals surface area (Å²) in [4.78, 5) is 19.5. The number of carbonyl (C=O) groups is 1. The molecular formula is C18H26Cl2N4OS. The van der Waals surface area contributed by atoms with Gasteiger partial charge in [0, 0.05) is 48.1 Å². The lowest BCUT2D eigenvalue weighted by Crippen LogP contribution is -2.48. The second-order valence-corrected chi connectivity index (χ2v) is 7.99.